The fourth-order valence-electron chi connectivity index (χ4n) is 3.72. The third-order valence-corrected chi connectivity index (χ3v) is 5.42. The normalized spacial score (nSPS) is 23.2. The van der Waals surface area contributed by atoms with Crippen molar-refractivity contribution in [3.05, 3.63) is 22.6 Å². The van der Waals surface area contributed by atoms with Crippen LogP contribution in [0, 0.1) is 0 Å². The average Bonchev–Trinajstić information content (AvgIpc) is 2.87. The molecule has 1 aliphatic heterocycles. The minimum Gasteiger partial charge on any atom is -0.453 e. The van der Waals surface area contributed by atoms with Gasteiger partial charge in [0.2, 0.25) is 0 Å². The van der Waals surface area contributed by atoms with Crippen LogP contribution in [-0.4, -0.2) is 34.7 Å². The topological polar surface area (TPSA) is 54.7 Å². The summed E-state index contributed by atoms with van der Waals surface area (Å²) < 4.78 is 11.9. The fourth-order valence-corrected chi connectivity index (χ4v) is 4.06. The number of hydrogen-bond donors (Lipinski definition) is 1. The van der Waals surface area contributed by atoms with E-state index in [-0.39, 0.29) is 11.6 Å². The van der Waals surface area contributed by atoms with Gasteiger partial charge >= 0.3 is 6.09 Å². The molecule has 134 valence electrons. The molecule has 1 aromatic heterocycles. The Balaban J connectivity index is 1.59. The van der Waals surface area contributed by atoms with Crippen molar-refractivity contribution in [1.82, 2.24) is 10.2 Å². The molecule has 3 rings (SSSR count). The third kappa shape index (κ3) is 3.97. The second-order valence-corrected chi connectivity index (χ2v) is 8.77. The Kier molecular flexibility index (Phi) is 4.98. The molecule has 1 aliphatic carbocycles. The number of carbonyl (C=O) groups excluding carboxylic acids is 1. The number of nitrogens with zero attached hydrogens (tertiary/aromatic N) is 1. The summed E-state index contributed by atoms with van der Waals surface area (Å²) in [4.78, 5) is 14.6. The maximum Gasteiger partial charge on any atom is 0.410 e. The number of amides is 1. The molecule has 0 bridgehead atoms. The van der Waals surface area contributed by atoms with E-state index in [2.05, 4.69) is 21.2 Å². The summed E-state index contributed by atoms with van der Waals surface area (Å²) in [5.41, 5.74) is -0.453. The Bertz CT molecular complexity index is 589. The lowest BCUT2D eigenvalue weighted by Crippen LogP contribution is -2.63. The lowest BCUT2D eigenvalue weighted by molar-refractivity contribution is -0.0495. The number of furan rings is 1. The highest BCUT2D eigenvalue weighted by Crippen LogP contribution is 2.45. The summed E-state index contributed by atoms with van der Waals surface area (Å²) >= 11 is 3.33. The van der Waals surface area contributed by atoms with Crippen molar-refractivity contribution >= 4 is 22.0 Å². The molecular formula is C18H27BrN2O3. The van der Waals surface area contributed by atoms with Gasteiger partial charge in [0.25, 0.3) is 0 Å². The van der Waals surface area contributed by atoms with Crippen molar-refractivity contribution < 1.29 is 13.9 Å². The van der Waals surface area contributed by atoms with E-state index in [4.69, 9.17) is 9.15 Å². The van der Waals surface area contributed by atoms with Crippen LogP contribution in [0.5, 0.6) is 0 Å². The Labute approximate surface area is 152 Å². The van der Waals surface area contributed by atoms with E-state index in [1.165, 1.54) is 6.42 Å². The van der Waals surface area contributed by atoms with Crippen molar-refractivity contribution in [2.75, 3.05) is 6.54 Å². The van der Waals surface area contributed by atoms with E-state index in [1.807, 2.05) is 37.8 Å². The number of nitrogens with one attached hydrogen (secondary N) is 1. The summed E-state index contributed by atoms with van der Waals surface area (Å²) in [6, 6.07) is 4.30. The number of ether oxygens (including phenoxy) is 1. The van der Waals surface area contributed by atoms with Gasteiger partial charge in [-0.1, -0.05) is 0 Å². The van der Waals surface area contributed by atoms with Gasteiger partial charge in [0.05, 0.1) is 6.54 Å². The number of likely N-dealkylation sites (tertiary alicyclic amines) is 1. The number of hydrogen-bond acceptors (Lipinski definition) is 4. The van der Waals surface area contributed by atoms with Crippen LogP contribution in [-0.2, 0) is 11.3 Å². The molecule has 2 heterocycles. The van der Waals surface area contributed by atoms with Gasteiger partial charge in [-0.15, -0.1) is 0 Å². The summed E-state index contributed by atoms with van der Waals surface area (Å²) in [5, 5.41) is 3.59. The molecule has 1 aromatic rings. The highest BCUT2D eigenvalue weighted by molar-refractivity contribution is 9.10. The number of piperidine rings is 1. The second-order valence-electron chi connectivity index (χ2n) is 7.99. The summed E-state index contributed by atoms with van der Waals surface area (Å²) in [6.45, 7) is 7.25. The Morgan fingerprint density at radius 1 is 1.46 bits per heavy atom. The van der Waals surface area contributed by atoms with Crippen molar-refractivity contribution in [1.29, 1.82) is 0 Å². The van der Waals surface area contributed by atoms with Gasteiger partial charge in [-0.2, -0.15) is 0 Å². The Hall–Kier alpha value is -1.01. The summed E-state index contributed by atoms with van der Waals surface area (Å²) in [5.74, 6) is 0.930. The van der Waals surface area contributed by atoms with Crippen LogP contribution >= 0.6 is 15.9 Å². The second kappa shape index (κ2) is 6.71. The standard InChI is InChI=1S/C18H27BrN2O3/c1-17(2,3)24-16(22)21-10-7-13(11-18(21)8-4-9-18)20-12-14-5-6-15(19)23-14/h5-6,13,20H,4,7-12H2,1-3H3. The van der Waals surface area contributed by atoms with Crippen LogP contribution in [0.1, 0.15) is 58.6 Å². The number of halogens is 1. The minimum atomic E-state index is -0.441. The van der Waals surface area contributed by atoms with Gasteiger partial charge in [-0.25, -0.2) is 4.79 Å². The van der Waals surface area contributed by atoms with Gasteiger partial charge < -0.3 is 19.4 Å². The zero-order valence-electron chi connectivity index (χ0n) is 14.7. The quantitative estimate of drug-likeness (QED) is 0.816. The average molecular weight is 399 g/mol. The van der Waals surface area contributed by atoms with Crippen molar-refractivity contribution in [3.8, 4) is 0 Å². The summed E-state index contributed by atoms with van der Waals surface area (Å²) in [6.07, 6.45) is 5.14. The first-order valence-corrected chi connectivity index (χ1v) is 9.55. The highest BCUT2D eigenvalue weighted by Gasteiger charge is 2.49. The minimum absolute atomic E-state index is 0.0119. The van der Waals surface area contributed by atoms with Crippen LogP contribution in [0.25, 0.3) is 0 Å². The first-order chi connectivity index (χ1) is 11.3. The molecule has 6 heteroatoms. The van der Waals surface area contributed by atoms with Gasteiger partial charge in [0.1, 0.15) is 11.4 Å². The van der Waals surface area contributed by atoms with Crippen LogP contribution in [0.15, 0.2) is 21.2 Å². The lowest BCUT2D eigenvalue weighted by Gasteiger charge is -2.54. The molecular weight excluding hydrogens is 372 g/mol. The molecule has 0 aromatic carbocycles. The molecule has 24 heavy (non-hydrogen) atoms. The molecule has 1 N–H and O–H groups in total. The van der Waals surface area contributed by atoms with Crippen LogP contribution in [0.2, 0.25) is 0 Å². The van der Waals surface area contributed by atoms with Gasteiger partial charge in [-0.3, -0.25) is 0 Å². The first-order valence-electron chi connectivity index (χ1n) is 8.76. The predicted molar refractivity (Wildman–Crippen MR) is 95.8 cm³/mol. The SMILES string of the molecule is CC(C)(C)OC(=O)N1CCC(NCc2ccc(Br)o2)CC12CCC2. The van der Waals surface area contributed by atoms with Crippen LogP contribution in [0.3, 0.4) is 0 Å². The first kappa shape index (κ1) is 17.8. The zero-order chi connectivity index (χ0) is 17.4. The molecule has 2 aliphatic rings. The van der Waals surface area contributed by atoms with Crippen molar-refractivity contribution in [3.63, 3.8) is 0 Å². The fraction of sp³-hybridized carbons (Fsp3) is 0.722. The molecule has 5 nitrogen and oxygen atoms in total. The largest absolute Gasteiger partial charge is 0.453 e. The lowest BCUT2D eigenvalue weighted by atomic mass is 9.69. The maximum atomic E-state index is 12.6. The molecule has 1 atom stereocenters. The van der Waals surface area contributed by atoms with Crippen LogP contribution in [0.4, 0.5) is 4.79 Å². The number of carbonyl (C=O) groups is 1. The van der Waals surface area contributed by atoms with E-state index in [1.54, 1.807) is 0 Å². The molecule has 1 unspecified atom stereocenters. The van der Waals surface area contributed by atoms with E-state index < -0.39 is 5.60 Å². The molecule has 1 saturated carbocycles. The Morgan fingerprint density at radius 3 is 2.75 bits per heavy atom. The maximum absolute atomic E-state index is 12.6. The van der Waals surface area contributed by atoms with Crippen molar-refractivity contribution in [2.24, 2.45) is 0 Å². The van der Waals surface area contributed by atoms with E-state index in [0.717, 1.165) is 49.2 Å². The van der Waals surface area contributed by atoms with Gasteiger partial charge in [-0.05, 0) is 80.9 Å². The van der Waals surface area contributed by atoms with Crippen molar-refractivity contribution in [2.45, 2.75) is 76.6 Å². The van der Waals surface area contributed by atoms with E-state index >= 15 is 0 Å². The van der Waals surface area contributed by atoms with E-state index in [9.17, 15) is 4.79 Å². The number of rotatable bonds is 3. The predicted octanol–water partition coefficient (Wildman–Crippen LogP) is 4.45. The third-order valence-electron chi connectivity index (χ3n) is 4.99. The summed E-state index contributed by atoms with van der Waals surface area (Å²) in [7, 11) is 0. The smallest absolute Gasteiger partial charge is 0.410 e. The van der Waals surface area contributed by atoms with Gasteiger partial charge in [0, 0.05) is 18.1 Å². The molecule has 0 radical (unpaired) electrons. The monoisotopic (exact) mass is 398 g/mol. The van der Waals surface area contributed by atoms with Gasteiger partial charge in [0.15, 0.2) is 4.67 Å². The van der Waals surface area contributed by atoms with E-state index in [0.29, 0.717) is 6.04 Å². The molecule has 1 saturated heterocycles. The Morgan fingerprint density at radius 2 is 2.21 bits per heavy atom. The molecule has 1 amide bonds. The highest BCUT2D eigenvalue weighted by atomic mass is 79.9. The van der Waals surface area contributed by atoms with Crippen LogP contribution < -0.4 is 5.32 Å². The zero-order valence-corrected chi connectivity index (χ0v) is 16.3. The molecule has 2 fully saturated rings. The molecule has 1 spiro atoms.